The summed E-state index contributed by atoms with van der Waals surface area (Å²) in [6.07, 6.45) is 2.65. The number of nitrogens with zero attached hydrogens (tertiary/aromatic N) is 5. The van der Waals surface area contributed by atoms with Gasteiger partial charge < -0.3 is 19.7 Å². The third-order valence-electron chi connectivity index (χ3n) is 6.20. The maximum absolute atomic E-state index is 12.7. The number of ether oxygens (including phenoxy) is 2. The molecule has 2 aliphatic rings. The zero-order valence-corrected chi connectivity index (χ0v) is 18.5. The second kappa shape index (κ2) is 8.14. The van der Waals surface area contributed by atoms with Crippen molar-refractivity contribution in [3.63, 3.8) is 0 Å². The molecule has 3 aromatic rings. The highest BCUT2D eigenvalue weighted by Crippen LogP contribution is 2.44. The van der Waals surface area contributed by atoms with Crippen LogP contribution in [-0.4, -0.2) is 53.2 Å². The van der Waals surface area contributed by atoms with Crippen LogP contribution >= 0.6 is 0 Å². The summed E-state index contributed by atoms with van der Waals surface area (Å²) in [5.41, 5.74) is 2.66. The summed E-state index contributed by atoms with van der Waals surface area (Å²) in [6.45, 7) is 3.95. The van der Waals surface area contributed by atoms with Crippen molar-refractivity contribution in [2.75, 3.05) is 37.5 Å². The lowest BCUT2D eigenvalue weighted by molar-refractivity contribution is -0.116. The Morgan fingerprint density at radius 3 is 2.47 bits per heavy atom. The average molecular weight is 435 g/mol. The second-order valence-corrected chi connectivity index (χ2v) is 8.12. The van der Waals surface area contributed by atoms with E-state index in [1.54, 1.807) is 18.9 Å². The lowest BCUT2D eigenvalue weighted by Gasteiger charge is -2.26. The number of aromatic nitrogens is 4. The van der Waals surface area contributed by atoms with E-state index in [1.807, 2.05) is 37.3 Å². The number of nitrogens with one attached hydrogen (secondary N) is 1. The molecule has 0 spiro atoms. The van der Waals surface area contributed by atoms with Gasteiger partial charge in [0.15, 0.2) is 11.6 Å². The molecule has 0 saturated carbocycles. The second-order valence-electron chi connectivity index (χ2n) is 8.12. The van der Waals surface area contributed by atoms with E-state index in [2.05, 4.69) is 20.4 Å². The van der Waals surface area contributed by atoms with Gasteiger partial charge in [0, 0.05) is 36.6 Å². The van der Waals surface area contributed by atoms with Crippen LogP contribution in [0.15, 0.2) is 30.3 Å². The van der Waals surface area contributed by atoms with Crippen molar-refractivity contribution in [2.45, 2.75) is 32.1 Å². The van der Waals surface area contributed by atoms with Crippen LogP contribution in [0.4, 0.5) is 11.6 Å². The molecule has 2 aromatic heterocycles. The highest BCUT2D eigenvalue weighted by atomic mass is 16.5. The molecular weight excluding hydrogens is 408 g/mol. The monoisotopic (exact) mass is 434 g/mol. The van der Waals surface area contributed by atoms with Gasteiger partial charge in [-0.05, 0) is 50.1 Å². The lowest BCUT2D eigenvalue weighted by Crippen LogP contribution is -2.25. The van der Waals surface area contributed by atoms with E-state index in [-0.39, 0.29) is 11.8 Å². The molecule has 1 atom stereocenters. The summed E-state index contributed by atoms with van der Waals surface area (Å²) >= 11 is 0. The van der Waals surface area contributed by atoms with Crippen molar-refractivity contribution in [1.29, 1.82) is 0 Å². The molecule has 1 N–H and O–H groups in total. The number of rotatable bonds is 5. The van der Waals surface area contributed by atoms with Crippen LogP contribution in [0.5, 0.6) is 11.5 Å². The average Bonchev–Trinajstić information content (AvgIpc) is 3.47. The van der Waals surface area contributed by atoms with Crippen molar-refractivity contribution in [1.82, 2.24) is 20.0 Å². The van der Waals surface area contributed by atoms with Crippen molar-refractivity contribution in [3.8, 4) is 17.3 Å². The van der Waals surface area contributed by atoms with E-state index in [4.69, 9.17) is 14.6 Å². The largest absolute Gasteiger partial charge is 0.497 e. The Kier molecular flexibility index (Phi) is 5.16. The maximum atomic E-state index is 12.7. The van der Waals surface area contributed by atoms with Crippen molar-refractivity contribution in [3.05, 3.63) is 47.2 Å². The van der Waals surface area contributed by atoms with Gasteiger partial charge in [0.05, 0.1) is 19.9 Å². The van der Waals surface area contributed by atoms with Crippen LogP contribution in [0.1, 0.15) is 42.0 Å². The fourth-order valence-electron chi connectivity index (χ4n) is 4.64. The van der Waals surface area contributed by atoms with E-state index in [1.165, 1.54) is 12.8 Å². The number of anilines is 2. The summed E-state index contributed by atoms with van der Waals surface area (Å²) in [5.74, 6) is 3.17. The van der Waals surface area contributed by atoms with Gasteiger partial charge in [-0.15, -0.1) is 10.2 Å². The van der Waals surface area contributed by atoms with Gasteiger partial charge in [-0.3, -0.25) is 4.79 Å². The van der Waals surface area contributed by atoms with Crippen LogP contribution in [-0.2, 0) is 4.79 Å². The van der Waals surface area contributed by atoms with Crippen LogP contribution in [0, 0.1) is 6.92 Å². The van der Waals surface area contributed by atoms with E-state index in [0.29, 0.717) is 29.6 Å². The first-order valence-electron chi connectivity index (χ1n) is 10.8. The van der Waals surface area contributed by atoms with Gasteiger partial charge in [-0.2, -0.15) is 9.78 Å². The molecule has 1 amide bonds. The summed E-state index contributed by atoms with van der Waals surface area (Å²) < 4.78 is 12.7. The minimum atomic E-state index is -0.214. The van der Waals surface area contributed by atoms with Gasteiger partial charge in [0.25, 0.3) is 0 Å². The predicted molar refractivity (Wildman–Crippen MR) is 120 cm³/mol. The molecule has 1 saturated heterocycles. The molecule has 2 aliphatic heterocycles. The molecule has 0 bridgehead atoms. The first kappa shape index (κ1) is 20.3. The number of fused-ring (bicyclic) bond motifs is 1. The standard InChI is InChI=1S/C23H26N6O3/c1-14-22-17(16-12-15(31-2)6-7-18(16)32-3)13-21(30)24-23(22)29(27-14)20-9-8-19(25-26-20)28-10-4-5-11-28/h6-9,12,17H,4-5,10-11,13H2,1-3H3,(H,24,30). The molecule has 1 fully saturated rings. The van der Waals surface area contributed by atoms with Gasteiger partial charge in [-0.1, -0.05) is 0 Å². The minimum absolute atomic E-state index is 0.0878. The van der Waals surface area contributed by atoms with Crippen molar-refractivity contribution in [2.24, 2.45) is 0 Å². The van der Waals surface area contributed by atoms with Gasteiger partial charge in [0.1, 0.15) is 17.3 Å². The number of aryl methyl sites for hydroxylation is 1. The van der Waals surface area contributed by atoms with Crippen LogP contribution in [0.3, 0.4) is 0 Å². The molecule has 9 nitrogen and oxygen atoms in total. The number of benzene rings is 1. The quantitative estimate of drug-likeness (QED) is 0.659. The third kappa shape index (κ3) is 3.43. The zero-order chi connectivity index (χ0) is 22.2. The van der Waals surface area contributed by atoms with Gasteiger partial charge in [-0.25, -0.2) is 0 Å². The third-order valence-corrected chi connectivity index (χ3v) is 6.20. The first-order valence-corrected chi connectivity index (χ1v) is 10.8. The summed E-state index contributed by atoms with van der Waals surface area (Å²) in [7, 11) is 3.25. The minimum Gasteiger partial charge on any atom is -0.497 e. The van der Waals surface area contributed by atoms with Gasteiger partial charge in [0.2, 0.25) is 5.91 Å². The van der Waals surface area contributed by atoms with E-state index < -0.39 is 0 Å². The topological polar surface area (TPSA) is 94.4 Å². The number of carbonyl (C=O) groups is 1. The SMILES string of the molecule is COc1ccc(OC)c(C2CC(=O)Nc3c2c(C)nn3-c2ccc(N3CCCC3)nn2)c1. The fourth-order valence-corrected chi connectivity index (χ4v) is 4.64. The Hall–Kier alpha value is -3.62. The first-order chi connectivity index (χ1) is 15.6. The van der Waals surface area contributed by atoms with Crippen molar-refractivity contribution >= 4 is 17.5 Å². The highest BCUT2D eigenvalue weighted by Gasteiger charge is 2.34. The van der Waals surface area contributed by atoms with E-state index >= 15 is 0 Å². The highest BCUT2D eigenvalue weighted by molar-refractivity contribution is 5.95. The maximum Gasteiger partial charge on any atom is 0.226 e. The van der Waals surface area contributed by atoms with E-state index in [9.17, 15) is 4.79 Å². The van der Waals surface area contributed by atoms with Crippen LogP contribution in [0.2, 0.25) is 0 Å². The Labute approximate surface area is 186 Å². The van der Waals surface area contributed by atoms with Crippen LogP contribution < -0.4 is 19.7 Å². The number of methoxy groups -OCH3 is 2. The predicted octanol–water partition coefficient (Wildman–Crippen LogP) is 3.06. The smallest absolute Gasteiger partial charge is 0.226 e. The summed E-state index contributed by atoms with van der Waals surface area (Å²) in [6, 6.07) is 9.50. The van der Waals surface area contributed by atoms with E-state index in [0.717, 1.165) is 35.7 Å². The van der Waals surface area contributed by atoms with Gasteiger partial charge >= 0.3 is 0 Å². The molecule has 1 unspecified atom stereocenters. The lowest BCUT2D eigenvalue weighted by atomic mass is 9.85. The summed E-state index contributed by atoms with van der Waals surface area (Å²) in [4.78, 5) is 14.9. The fraction of sp³-hybridized carbons (Fsp3) is 0.391. The van der Waals surface area contributed by atoms with Crippen molar-refractivity contribution < 1.29 is 14.3 Å². The molecule has 32 heavy (non-hydrogen) atoms. The Balaban J connectivity index is 1.57. The molecule has 4 heterocycles. The zero-order valence-electron chi connectivity index (χ0n) is 18.5. The van der Waals surface area contributed by atoms with Crippen LogP contribution in [0.25, 0.3) is 5.82 Å². The molecule has 166 valence electrons. The molecule has 0 radical (unpaired) electrons. The Bertz CT molecular complexity index is 1150. The summed E-state index contributed by atoms with van der Waals surface area (Å²) in [5, 5.41) is 16.5. The number of hydrogen-bond acceptors (Lipinski definition) is 7. The number of amides is 1. The molecule has 5 rings (SSSR count). The molecule has 0 aliphatic carbocycles. The molecular formula is C23H26N6O3. The molecule has 9 heteroatoms. The Morgan fingerprint density at radius 1 is 1.03 bits per heavy atom. The number of hydrogen-bond donors (Lipinski definition) is 1. The number of carbonyl (C=O) groups excluding carboxylic acids is 1. The Morgan fingerprint density at radius 2 is 1.78 bits per heavy atom. The normalized spacial score (nSPS) is 17.8. The molecule has 1 aromatic carbocycles.